The molecule has 0 spiro atoms. The molecule has 0 aliphatic carbocycles. The molecule has 3 heteroatoms. The normalized spacial score (nSPS) is 18.5. The molecule has 0 unspecified atom stereocenters. The van der Waals surface area contributed by atoms with E-state index in [1.165, 1.54) is 5.47 Å². The Bertz CT molecular complexity index is 176. The lowest BCUT2D eigenvalue weighted by Gasteiger charge is -2.24. The van der Waals surface area contributed by atoms with Gasteiger partial charge >= 0.3 is 0 Å². The Morgan fingerprint density at radius 3 is 2.90 bits per heavy atom. The van der Waals surface area contributed by atoms with Gasteiger partial charge in [0.05, 0.1) is 0 Å². The standard InChI is InChI=1S/C7H12BNO/c1-6(10)9-4-2-3-7(8)5-9/h3H,2,4-5,8H2,1H3. The van der Waals surface area contributed by atoms with E-state index in [1.807, 2.05) is 4.90 Å². The minimum atomic E-state index is 0.187. The van der Waals surface area contributed by atoms with Gasteiger partial charge in [0.15, 0.2) is 0 Å². The van der Waals surface area contributed by atoms with Gasteiger partial charge in [0.25, 0.3) is 0 Å². The molecule has 0 N–H and O–H groups in total. The van der Waals surface area contributed by atoms with E-state index in [9.17, 15) is 4.79 Å². The van der Waals surface area contributed by atoms with E-state index in [-0.39, 0.29) is 5.91 Å². The predicted octanol–water partition coefficient (Wildman–Crippen LogP) is -0.244. The van der Waals surface area contributed by atoms with Gasteiger partial charge in [-0.2, -0.15) is 0 Å². The Balaban J connectivity index is 2.53. The highest BCUT2D eigenvalue weighted by atomic mass is 16.2. The average molecular weight is 137 g/mol. The fraction of sp³-hybridized carbons (Fsp3) is 0.571. The zero-order valence-corrected chi connectivity index (χ0v) is 6.55. The summed E-state index contributed by atoms with van der Waals surface area (Å²) < 4.78 is 0. The second kappa shape index (κ2) is 2.91. The van der Waals surface area contributed by atoms with Crippen molar-refractivity contribution in [3.8, 4) is 0 Å². The second-order valence-electron chi connectivity index (χ2n) is 2.78. The molecule has 0 bridgehead atoms. The van der Waals surface area contributed by atoms with Gasteiger partial charge in [0.2, 0.25) is 5.91 Å². The topological polar surface area (TPSA) is 20.3 Å². The van der Waals surface area contributed by atoms with Gasteiger partial charge in [-0.05, 0) is 6.42 Å². The van der Waals surface area contributed by atoms with E-state index < -0.39 is 0 Å². The van der Waals surface area contributed by atoms with E-state index in [2.05, 4.69) is 13.9 Å². The van der Waals surface area contributed by atoms with Crippen LogP contribution in [0.15, 0.2) is 11.5 Å². The van der Waals surface area contributed by atoms with Crippen molar-refractivity contribution in [2.24, 2.45) is 0 Å². The van der Waals surface area contributed by atoms with Gasteiger partial charge in [-0.15, -0.1) is 0 Å². The molecule has 0 saturated heterocycles. The maximum absolute atomic E-state index is 10.8. The third kappa shape index (κ3) is 1.63. The molecular formula is C7H12BNO. The molecule has 0 aromatic rings. The highest BCUT2D eigenvalue weighted by molar-refractivity contribution is 6.22. The van der Waals surface area contributed by atoms with Crippen molar-refractivity contribution in [2.75, 3.05) is 13.1 Å². The van der Waals surface area contributed by atoms with Crippen molar-refractivity contribution in [1.82, 2.24) is 4.90 Å². The first kappa shape index (κ1) is 7.38. The number of amides is 1. The highest BCUT2D eigenvalue weighted by Crippen LogP contribution is 2.05. The van der Waals surface area contributed by atoms with Crippen LogP contribution in [0.1, 0.15) is 13.3 Å². The molecule has 1 amide bonds. The van der Waals surface area contributed by atoms with Gasteiger partial charge in [-0.1, -0.05) is 11.5 Å². The first-order valence-electron chi connectivity index (χ1n) is 3.61. The fourth-order valence-electron chi connectivity index (χ4n) is 1.18. The molecule has 0 aromatic carbocycles. The molecule has 1 aliphatic heterocycles. The van der Waals surface area contributed by atoms with Crippen LogP contribution in [0.2, 0.25) is 0 Å². The lowest BCUT2D eigenvalue weighted by atomic mass is 9.92. The minimum Gasteiger partial charge on any atom is -0.339 e. The lowest BCUT2D eigenvalue weighted by Crippen LogP contribution is -2.33. The first-order valence-corrected chi connectivity index (χ1v) is 3.61. The van der Waals surface area contributed by atoms with Crippen LogP contribution in [0.4, 0.5) is 0 Å². The summed E-state index contributed by atoms with van der Waals surface area (Å²) in [5, 5.41) is 0. The minimum absolute atomic E-state index is 0.187. The molecule has 0 aromatic heterocycles. The maximum atomic E-state index is 10.8. The first-order chi connectivity index (χ1) is 4.70. The van der Waals surface area contributed by atoms with Gasteiger partial charge in [0, 0.05) is 20.0 Å². The quantitative estimate of drug-likeness (QED) is 0.422. The van der Waals surface area contributed by atoms with E-state index in [4.69, 9.17) is 0 Å². The van der Waals surface area contributed by atoms with Crippen LogP contribution in [-0.2, 0) is 4.79 Å². The molecule has 0 atom stereocenters. The predicted molar refractivity (Wildman–Crippen MR) is 43.5 cm³/mol. The van der Waals surface area contributed by atoms with E-state index in [1.54, 1.807) is 6.92 Å². The largest absolute Gasteiger partial charge is 0.339 e. The van der Waals surface area contributed by atoms with Crippen LogP contribution >= 0.6 is 0 Å². The smallest absolute Gasteiger partial charge is 0.219 e. The lowest BCUT2D eigenvalue weighted by molar-refractivity contribution is -0.128. The fourth-order valence-corrected chi connectivity index (χ4v) is 1.18. The zero-order chi connectivity index (χ0) is 7.56. The summed E-state index contributed by atoms with van der Waals surface area (Å²) in [7, 11) is 2.06. The summed E-state index contributed by atoms with van der Waals surface area (Å²) in [6.07, 6.45) is 3.21. The van der Waals surface area contributed by atoms with E-state index in [0.29, 0.717) is 0 Å². The number of carbonyl (C=O) groups is 1. The SMILES string of the molecule is BC1=CCCN(C(C)=O)C1. The monoisotopic (exact) mass is 137 g/mol. The van der Waals surface area contributed by atoms with Crippen LogP contribution in [0, 0.1) is 0 Å². The van der Waals surface area contributed by atoms with Crippen molar-refractivity contribution < 1.29 is 4.79 Å². The van der Waals surface area contributed by atoms with E-state index >= 15 is 0 Å². The highest BCUT2D eigenvalue weighted by Gasteiger charge is 2.10. The third-order valence-corrected chi connectivity index (χ3v) is 1.78. The van der Waals surface area contributed by atoms with Crippen LogP contribution in [0.5, 0.6) is 0 Å². The van der Waals surface area contributed by atoms with Gasteiger partial charge in [-0.25, -0.2) is 0 Å². The molecule has 1 heterocycles. The Morgan fingerprint density at radius 2 is 2.50 bits per heavy atom. The summed E-state index contributed by atoms with van der Waals surface area (Å²) in [5.74, 6) is 0.187. The average Bonchev–Trinajstić information content (AvgIpc) is 1.88. The Hall–Kier alpha value is -0.725. The zero-order valence-electron chi connectivity index (χ0n) is 6.55. The third-order valence-electron chi connectivity index (χ3n) is 1.78. The molecule has 10 heavy (non-hydrogen) atoms. The summed E-state index contributed by atoms with van der Waals surface area (Å²) in [4.78, 5) is 12.7. The molecule has 1 rings (SSSR count). The van der Waals surface area contributed by atoms with Gasteiger partial charge in [0.1, 0.15) is 7.85 Å². The molecule has 0 radical (unpaired) electrons. The molecular weight excluding hydrogens is 125 g/mol. The van der Waals surface area contributed by atoms with Crippen molar-refractivity contribution in [1.29, 1.82) is 0 Å². The van der Waals surface area contributed by atoms with Crippen molar-refractivity contribution in [3.63, 3.8) is 0 Å². The number of nitrogens with zero attached hydrogens (tertiary/aromatic N) is 1. The van der Waals surface area contributed by atoms with Crippen molar-refractivity contribution in [2.45, 2.75) is 13.3 Å². The Kier molecular flexibility index (Phi) is 2.15. The molecule has 0 saturated carbocycles. The van der Waals surface area contributed by atoms with Crippen molar-refractivity contribution in [3.05, 3.63) is 11.5 Å². The summed E-state index contributed by atoms with van der Waals surface area (Å²) in [5.41, 5.74) is 1.31. The number of carbonyl (C=O) groups excluding carboxylic acids is 1. The Morgan fingerprint density at radius 1 is 1.80 bits per heavy atom. The van der Waals surface area contributed by atoms with Crippen LogP contribution in [-0.4, -0.2) is 31.7 Å². The molecule has 0 fully saturated rings. The van der Waals surface area contributed by atoms with Crippen LogP contribution in [0.3, 0.4) is 0 Å². The van der Waals surface area contributed by atoms with Crippen molar-refractivity contribution >= 4 is 13.8 Å². The van der Waals surface area contributed by atoms with Gasteiger partial charge in [-0.3, -0.25) is 4.79 Å². The number of hydrogen-bond donors (Lipinski definition) is 0. The molecule has 54 valence electrons. The second-order valence-corrected chi connectivity index (χ2v) is 2.78. The number of rotatable bonds is 0. The van der Waals surface area contributed by atoms with Crippen LogP contribution < -0.4 is 0 Å². The Labute approximate surface area is 62.3 Å². The summed E-state index contributed by atoms with van der Waals surface area (Å²) >= 11 is 0. The molecule has 2 nitrogen and oxygen atoms in total. The van der Waals surface area contributed by atoms with Crippen LogP contribution in [0.25, 0.3) is 0 Å². The summed E-state index contributed by atoms with van der Waals surface area (Å²) in [6.45, 7) is 3.35. The maximum Gasteiger partial charge on any atom is 0.219 e. The number of hydrogen-bond acceptors (Lipinski definition) is 1. The van der Waals surface area contributed by atoms with Gasteiger partial charge < -0.3 is 4.90 Å². The van der Waals surface area contributed by atoms with E-state index in [0.717, 1.165) is 19.5 Å². The summed E-state index contributed by atoms with van der Waals surface area (Å²) in [6, 6.07) is 0. The molecule has 1 aliphatic rings.